The number of ether oxygens (including phenoxy) is 1. The second-order valence-electron chi connectivity index (χ2n) is 4.46. The molecule has 0 unspecified atom stereocenters. The average Bonchev–Trinajstić information content (AvgIpc) is 2.39. The maximum absolute atomic E-state index is 13.6. The van der Waals surface area contributed by atoms with Crippen LogP contribution in [0.15, 0.2) is 36.4 Å². The van der Waals surface area contributed by atoms with Crippen molar-refractivity contribution in [1.82, 2.24) is 0 Å². The van der Waals surface area contributed by atoms with E-state index in [4.69, 9.17) is 22.1 Å². The Morgan fingerprint density at radius 2 is 2.00 bits per heavy atom. The molecule has 0 saturated heterocycles. The molecule has 0 bridgehead atoms. The minimum atomic E-state index is -0.443. The molecule has 0 amide bonds. The summed E-state index contributed by atoms with van der Waals surface area (Å²) in [6.07, 6.45) is 0. The van der Waals surface area contributed by atoms with E-state index in [0.717, 1.165) is 0 Å². The van der Waals surface area contributed by atoms with Gasteiger partial charge in [-0.05, 0) is 37.3 Å². The first-order valence-electron chi connectivity index (χ1n) is 6.09. The molecule has 0 aromatic heterocycles. The van der Waals surface area contributed by atoms with Crippen molar-refractivity contribution < 1.29 is 13.5 Å². The summed E-state index contributed by atoms with van der Waals surface area (Å²) >= 11 is 5.92. The third kappa shape index (κ3) is 3.26. The number of nitrogens with two attached hydrogens (primary N) is 1. The summed E-state index contributed by atoms with van der Waals surface area (Å²) in [6.45, 7) is 1.68. The molecule has 0 saturated carbocycles. The Bertz CT molecular complexity index is 597. The van der Waals surface area contributed by atoms with E-state index in [0.29, 0.717) is 11.3 Å². The lowest BCUT2D eigenvalue weighted by atomic mass is 10.1. The summed E-state index contributed by atoms with van der Waals surface area (Å²) in [5.74, 6) is -0.420. The molecule has 106 valence electrons. The molecule has 2 nitrogen and oxygen atoms in total. The van der Waals surface area contributed by atoms with Crippen LogP contribution in [0.5, 0.6) is 5.75 Å². The smallest absolute Gasteiger partial charge is 0.131 e. The van der Waals surface area contributed by atoms with E-state index in [2.05, 4.69) is 0 Å². The van der Waals surface area contributed by atoms with Gasteiger partial charge < -0.3 is 10.5 Å². The molecular formula is C15H14ClF2NO. The first-order valence-corrected chi connectivity index (χ1v) is 6.47. The zero-order valence-electron chi connectivity index (χ0n) is 10.9. The predicted octanol–water partition coefficient (Wildman–Crippen LogP) is 4.22. The fourth-order valence-electron chi connectivity index (χ4n) is 1.83. The number of hydrogen-bond donors (Lipinski definition) is 1. The summed E-state index contributed by atoms with van der Waals surface area (Å²) in [4.78, 5) is 0. The Morgan fingerprint density at radius 1 is 1.25 bits per heavy atom. The number of halogens is 3. The predicted molar refractivity (Wildman–Crippen MR) is 74.7 cm³/mol. The normalized spacial score (nSPS) is 12.2. The SMILES string of the molecule is C[C@H](N)c1cc(F)ccc1OCc1c(F)cccc1Cl. The van der Waals surface area contributed by atoms with Gasteiger partial charge in [-0.2, -0.15) is 0 Å². The zero-order chi connectivity index (χ0) is 14.7. The van der Waals surface area contributed by atoms with Crippen LogP contribution < -0.4 is 10.5 Å². The van der Waals surface area contributed by atoms with Crippen LogP contribution in [0.25, 0.3) is 0 Å². The molecule has 0 aliphatic rings. The standard InChI is InChI=1S/C15H14ClF2NO/c1-9(19)11-7-10(17)5-6-15(11)20-8-12-13(16)3-2-4-14(12)18/h2-7,9H,8,19H2,1H3/t9-/m0/s1. The monoisotopic (exact) mass is 297 g/mol. The van der Waals surface area contributed by atoms with Gasteiger partial charge >= 0.3 is 0 Å². The third-order valence-electron chi connectivity index (χ3n) is 2.90. The van der Waals surface area contributed by atoms with Crippen LogP contribution in [0.1, 0.15) is 24.1 Å². The van der Waals surface area contributed by atoms with Crippen molar-refractivity contribution >= 4 is 11.6 Å². The number of rotatable bonds is 4. The van der Waals surface area contributed by atoms with Crippen LogP contribution in [-0.2, 0) is 6.61 Å². The molecular weight excluding hydrogens is 284 g/mol. The first-order chi connectivity index (χ1) is 9.49. The maximum Gasteiger partial charge on any atom is 0.131 e. The van der Waals surface area contributed by atoms with Gasteiger partial charge in [0.25, 0.3) is 0 Å². The second-order valence-corrected chi connectivity index (χ2v) is 4.87. The van der Waals surface area contributed by atoms with Gasteiger partial charge in [0.05, 0.1) is 5.02 Å². The molecule has 2 aromatic carbocycles. The fraction of sp³-hybridized carbons (Fsp3) is 0.200. The van der Waals surface area contributed by atoms with Crippen LogP contribution in [-0.4, -0.2) is 0 Å². The fourth-order valence-corrected chi connectivity index (χ4v) is 2.04. The van der Waals surface area contributed by atoms with E-state index in [1.165, 1.54) is 30.3 Å². The Balaban J connectivity index is 2.23. The van der Waals surface area contributed by atoms with Crippen molar-refractivity contribution in [2.24, 2.45) is 5.73 Å². The van der Waals surface area contributed by atoms with E-state index in [-0.39, 0.29) is 17.2 Å². The highest BCUT2D eigenvalue weighted by molar-refractivity contribution is 6.31. The van der Waals surface area contributed by atoms with Gasteiger partial charge in [0.1, 0.15) is 24.0 Å². The molecule has 0 fully saturated rings. The molecule has 2 rings (SSSR count). The molecule has 5 heteroatoms. The quantitative estimate of drug-likeness (QED) is 0.917. The number of benzene rings is 2. The highest BCUT2D eigenvalue weighted by atomic mass is 35.5. The Morgan fingerprint density at radius 3 is 2.65 bits per heavy atom. The van der Waals surface area contributed by atoms with Gasteiger partial charge in [-0.15, -0.1) is 0 Å². The molecule has 0 aliphatic carbocycles. The van der Waals surface area contributed by atoms with Crippen molar-refractivity contribution in [3.05, 3.63) is 64.2 Å². The van der Waals surface area contributed by atoms with Gasteiger partial charge in [0.2, 0.25) is 0 Å². The Kier molecular flexibility index (Phi) is 4.57. The molecule has 1 atom stereocenters. The van der Waals surface area contributed by atoms with Gasteiger partial charge in [-0.3, -0.25) is 0 Å². The van der Waals surface area contributed by atoms with Gasteiger partial charge in [-0.1, -0.05) is 17.7 Å². The molecule has 0 radical (unpaired) electrons. The van der Waals surface area contributed by atoms with Crippen LogP contribution in [0.3, 0.4) is 0 Å². The molecule has 0 aliphatic heterocycles. The summed E-state index contributed by atoms with van der Waals surface area (Å²) in [7, 11) is 0. The van der Waals surface area contributed by atoms with Gasteiger partial charge in [0, 0.05) is 17.2 Å². The van der Waals surface area contributed by atoms with Gasteiger partial charge in [0.15, 0.2) is 0 Å². The lowest BCUT2D eigenvalue weighted by Crippen LogP contribution is -2.09. The molecule has 2 N–H and O–H groups in total. The zero-order valence-corrected chi connectivity index (χ0v) is 11.6. The van der Waals surface area contributed by atoms with Crippen molar-refractivity contribution in [1.29, 1.82) is 0 Å². The summed E-state index contributed by atoms with van der Waals surface area (Å²) in [5.41, 5.74) is 6.55. The maximum atomic E-state index is 13.6. The van der Waals surface area contributed by atoms with Crippen LogP contribution in [0.4, 0.5) is 8.78 Å². The van der Waals surface area contributed by atoms with Crippen molar-refractivity contribution in [3.63, 3.8) is 0 Å². The minimum Gasteiger partial charge on any atom is -0.488 e. The minimum absolute atomic E-state index is 0.0448. The highest BCUT2D eigenvalue weighted by Crippen LogP contribution is 2.27. The van der Waals surface area contributed by atoms with Crippen LogP contribution in [0.2, 0.25) is 5.02 Å². The van der Waals surface area contributed by atoms with E-state index in [9.17, 15) is 8.78 Å². The summed E-state index contributed by atoms with van der Waals surface area (Å²) in [5, 5.41) is 0.287. The third-order valence-corrected chi connectivity index (χ3v) is 3.25. The topological polar surface area (TPSA) is 35.2 Å². The first kappa shape index (κ1) is 14.8. The lowest BCUT2D eigenvalue weighted by Gasteiger charge is -2.15. The van der Waals surface area contributed by atoms with E-state index < -0.39 is 17.7 Å². The van der Waals surface area contributed by atoms with E-state index >= 15 is 0 Å². The summed E-state index contributed by atoms with van der Waals surface area (Å²) in [6, 6.07) is 8.07. The lowest BCUT2D eigenvalue weighted by molar-refractivity contribution is 0.295. The van der Waals surface area contributed by atoms with Crippen LogP contribution >= 0.6 is 11.6 Å². The van der Waals surface area contributed by atoms with Crippen LogP contribution in [0, 0.1) is 11.6 Å². The molecule has 0 heterocycles. The van der Waals surface area contributed by atoms with E-state index in [1.54, 1.807) is 13.0 Å². The van der Waals surface area contributed by atoms with E-state index in [1.807, 2.05) is 0 Å². The van der Waals surface area contributed by atoms with Crippen molar-refractivity contribution in [3.8, 4) is 5.75 Å². The Hall–Kier alpha value is -1.65. The Labute approximate surface area is 121 Å². The molecule has 2 aromatic rings. The molecule has 0 spiro atoms. The summed E-state index contributed by atoms with van der Waals surface area (Å²) < 4.78 is 32.4. The van der Waals surface area contributed by atoms with Gasteiger partial charge in [-0.25, -0.2) is 8.78 Å². The highest BCUT2D eigenvalue weighted by Gasteiger charge is 2.12. The largest absolute Gasteiger partial charge is 0.488 e. The second kappa shape index (κ2) is 6.20. The molecule has 20 heavy (non-hydrogen) atoms. The average molecular weight is 298 g/mol. The van der Waals surface area contributed by atoms with Crippen molar-refractivity contribution in [2.45, 2.75) is 19.6 Å². The van der Waals surface area contributed by atoms with Crippen molar-refractivity contribution in [2.75, 3.05) is 0 Å². The number of hydrogen-bond acceptors (Lipinski definition) is 2.